The Morgan fingerprint density at radius 2 is 2.10 bits per heavy atom. The molecule has 4 nitrogen and oxygen atoms in total. The molecule has 0 atom stereocenters. The van der Waals surface area contributed by atoms with Crippen molar-refractivity contribution >= 4 is 45.0 Å². The van der Waals surface area contributed by atoms with Gasteiger partial charge in [0.1, 0.15) is 5.82 Å². The van der Waals surface area contributed by atoms with Crippen molar-refractivity contribution in [2.45, 2.75) is 6.92 Å². The van der Waals surface area contributed by atoms with E-state index in [4.69, 9.17) is 11.6 Å². The van der Waals surface area contributed by atoms with Crippen molar-refractivity contribution in [3.63, 3.8) is 0 Å². The second-order valence-corrected chi connectivity index (χ2v) is 5.05. The van der Waals surface area contributed by atoms with Crippen molar-refractivity contribution in [1.82, 2.24) is 9.97 Å². The number of halogens is 4. The highest BCUT2D eigenvalue weighted by molar-refractivity contribution is 9.10. The van der Waals surface area contributed by atoms with Crippen LogP contribution in [0.25, 0.3) is 0 Å². The lowest BCUT2D eigenvalue weighted by atomic mass is 10.3. The molecular weight excluding hydrogens is 354 g/mol. The molecule has 2 N–H and O–H groups in total. The SMILES string of the molecule is CCNc1ncc(F)c(Nc2c(Cl)cc(F)cc2Br)n1. The summed E-state index contributed by atoms with van der Waals surface area (Å²) in [5.74, 6) is -0.904. The highest BCUT2D eigenvalue weighted by atomic mass is 79.9. The Balaban J connectivity index is 2.37. The maximum atomic E-state index is 13.7. The van der Waals surface area contributed by atoms with Crippen LogP contribution in [0.3, 0.4) is 0 Å². The third kappa shape index (κ3) is 3.34. The van der Waals surface area contributed by atoms with Gasteiger partial charge in [0.05, 0.1) is 16.9 Å². The fourth-order valence-corrected chi connectivity index (χ4v) is 2.38. The van der Waals surface area contributed by atoms with Gasteiger partial charge in [-0.15, -0.1) is 0 Å². The van der Waals surface area contributed by atoms with Crippen LogP contribution in [-0.4, -0.2) is 16.5 Å². The van der Waals surface area contributed by atoms with Gasteiger partial charge in [-0.2, -0.15) is 4.98 Å². The van der Waals surface area contributed by atoms with Gasteiger partial charge in [-0.25, -0.2) is 13.8 Å². The molecule has 0 bridgehead atoms. The van der Waals surface area contributed by atoms with Crippen molar-refractivity contribution in [2.24, 2.45) is 0 Å². The number of benzene rings is 1. The maximum Gasteiger partial charge on any atom is 0.224 e. The van der Waals surface area contributed by atoms with Crippen LogP contribution in [0, 0.1) is 11.6 Å². The van der Waals surface area contributed by atoms with Gasteiger partial charge < -0.3 is 10.6 Å². The molecule has 0 spiro atoms. The number of aromatic nitrogens is 2. The highest BCUT2D eigenvalue weighted by Gasteiger charge is 2.13. The molecule has 20 heavy (non-hydrogen) atoms. The predicted octanol–water partition coefficient (Wildman–Crippen LogP) is 4.35. The van der Waals surface area contributed by atoms with Gasteiger partial charge in [0.2, 0.25) is 5.95 Å². The minimum Gasteiger partial charge on any atom is -0.354 e. The maximum absolute atomic E-state index is 13.7. The first kappa shape index (κ1) is 14.9. The smallest absolute Gasteiger partial charge is 0.224 e. The zero-order valence-electron chi connectivity index (χ0n) is 10.3. The fraction of sp³-hybridized carbons (Fsp3) is 0.167. The Hall–Kier alpha value is -1.47. The molecule has 0 aliphatic heterocycles. The van der Waals surface area contributed by atoms with E-state index in [1.807, 2.05) is 6.92 Å². The monoisotopic (exact) mass is 362 g/mol. The van der Waals surface area contributed by atoms with E-state index in [0.717, 1.165) is 12.3 Å². The average molecular weight is 364 g/mol. The van der Waals surface area contributed by atoms with E-state index in [1.54, 1.807) is 0 Å². The van der Waals surface area contributed by atoms with E-state index < -0.39 is 11.6 Å². The number of hydrogen-bond acceptors (Lipinski definition) is 4. The highest BCUT2D eigenvalue weighted by Crippen LogP contribution is 2.34. The van der Waals surface area contributed by atoms with E-state index >= 15 is 0 Å². The van der Waals surface area contributed by atoms with Crippen LogP contribution in [0.1, 0.15) is 6.92 Å². The minimum atomic E-state index is -0.640. The van der Waals surface area contributed by atoms with Crippen LogP contribution in [0.2, 0.25) is 5.02 Å². The Labute approximate surface area is 127 Å². The topological polar surface area (TPSA) is 49.8 Å². The Morgan fingerprint density at radius 1 is 1.35 bits per heavy atom. The second-order valence-electron chi connectivity index (χ2n) is 3.79. The summed E-state index contributed by atoms with van der Waals surface area (Å²) in [7, 11) is 0. The molecule has 0 fully saturated rings. The van der Waals surface area contributed by atoms with Gasteiger partial charge in [-0.1, -0.05) is 11.6 Å². The number of rotatable bonds is 4. The summed E-state index contributed by atoms with van der Waals surface area (Å²) in [5, 5.41) is 5.70. The first-order chi connectivity index (χ1) is 9.51. The third-order valence-corrected chi connectivity index (χ3v) is 3.25. The van der Waals surface area contributed by atoms with Gasteiger partial charge in [-0.05, 0) is 35.0 Å². The summed E-state index contributed by atoms with van der Waals surface area (Å²) in [4.78, 5) is 7.77. The average Bonchev–Trinajstić information content (AvgIpc) is 2.37. The summed E-state index contributed by atoms with van der Waals surface area (Å²) >= 11 is 9.08. The van der Waals surface area contributed by atoms with Gasteiger partial charge in [0, 0.05) is 11.0 Å². The molecule has 8 heteroatoms. The van der Waals surface area contributed by atoms with Crippen molar-refractivity contribution in [3.05, 3.63) is 39.5 Å². The molecule has 2 rings (SSSR count). The molecule has 1 aromatic carbocycles. The molecule has 1 aromatic heterocycles. The van der Waals surface area contributed by atoms with Gasteiger partial charge >= 0.3 is 0 Å². The lowest BCUT2D eigenvalue weighted by Crippen LogP contribution is -2.06. The molecule has 1 heterocycles. The molecule has 0 amide bonds. The molecule has 0 aliphatic carbocycles. The van der Waals surface area contributed by atoms with E-state index in [0.29, 0.717) is 16.7 Å². The number of nitrogens with one attached hydrogen (secondary N) is 2. The van der Waals surface area contributed by atoms with E-state index in [-0.39, 0.29) is 16.8 Å². The zero-order chi connectivity index (χ0) is 14.7. The van der Waals surface area contributed by atoms with Crippen LogP contribution in [0.15, 0.2) is 22.8 Å². The summed E-state index contributed by atoms with van der Waals surface area (Å²) in [5.41, 5.74) is 0.327. The largest absolute Gasteiger partial charge is 0.354 e. The van der Waals surface area contributed by atoms with E-state index in [1.165, 1.54) is 6.07 Å². The van der Waals surface area contributed by atoms with Crippen LogP contribution >= 0.6 is 27.5 Å². The first-order valence-corrected chi connectivity index (χ1v) is 6.86. The first-order valence-electron chi connectivity index (χ1n) is 5.69. The van der Waals surface area contributed by atoms with Crippen LogP contribution in [-0.2, 0) is 0 Å². The Kier molecular flexibility index (Phi) is 4.72. The number of nitrogens with zero attached hydrogens (tertiary/aromatic N) is 2. The standard InChI is InChI=1S/C12H10BrClF2N4/c1-2-17-12-18-5-9(16)11(20-12)19-10-7(13)3-6(15)4-8(10)14/h3-5H,2H2,1H3,(H2,17,18,19,20). The second kappa shape index (κ2) is 6.32. The molecule has 0 unspecified atom stereocenters. The number of anilines is 3. The van der Waals surface area contributed by atoms with Crippen molar-refractivity contribution in [3.8, 4) is 0 Å². The number of hydrogen-bond donors (Lipinski definition) is 2. The van der Waals surface area contributed by atoms with Crippen molar-refractivity contribution < 1.29 is 8.78 Å². The molecular formula is C12H10BrClF2N4. The molecule has 0 saturated heterocycles. The molecule has 2 aromatic rings. The summed E-state index contributed by atoms with van der Waals surface area (Å²) in [6, 6.07) is 2.34. The van der Waals surface area contributed by atoms with Crippen molar-refractivity contribution in [2.75, 3.05) is 17.2 Å². The minimum absolute atomic E-state index is 0.0508. The molecule has 0 aliphatic rings. The lowest BCUT2D eigenvalue weighted by molar-refractivity contribution is 0.619. The van der Waals surface area contributed by atoms with Gasteiger partial charge in [0.15, 0.2) is 11.6 Å². The summed E-state index contributed by atoms with van der Waals surface area (Å²) < 4.78 is 27.2. The predicted molar refractivity (Wildman–Crippen MR) is 78.5 cm³/mol. The van der Waals surface area contributed by atoms with Gasteiger partial charge in [0.25, 0.3) is 0 Å². The quantitative estimate of drug-likeness (QED) is 0.848. The van der Waals surface area contributed by atoms with E-state index in [2.05, 4.69) is 36.5 Å². The van der Waals surface area contributed by atoms with Crippen LogP contribution in [0.5, 0.6) is 0 Å². The summed E-state index contributed by atoms with van der Waals surface area (Å²) in [6.45, 7) is 2.47. The summed E-state index contributed by atoms with van der Waals surface area (Å²) in [6.07, 6.45) is 1.04. The third-order valence-electron chi connectivity index (χ3n) is 2.33. The van der Waals surface area contributed by atoms with Gasteiger partial charge in [-0.3, -0.25) is 0 Å². The van der Waals surface area contributed by atoms with Crippen LogP contribution in [0.4, 0.5) is 26.2 Å². The Morgan fingerprint density at radius 3 is 2.75 bits per heavy atom. The molecule has 0 radical (unpaired) electrons. The van der Waals surface area contributed by atoms with Crippen LogP contribution < -0.4 is 10.6 Å². The normalized spacial score (nSPS) is 10.4. The molecule has 106 valence electrons. The lowest BCUT2D eigenvalue weighted by Gasteiger charge is -2.11. The zero-order valence-corrected chi connectivity index (χ0v) is 12.7. The Bertz CT molecular complexity index is 616. The molecule has 0 saturated carbocycles. The van der Waals surface area contributed by atoms with E-state index in [9.17, 15) is 8.78 Å². The fourth-order valence-electron chi connectivity index (χ4n) is 1.48. The van der Waals surface area contributed by atoms with Crippen molar-refractivity contribution in [1.29, 1.82) is 0 Å².